The molecule has 3 rings (SSSR count). The highest BCUT2D eigenvalue weighted by atomic mass is 35.5. The summed E-state index contributed by atoms with van der Waals surface area (Å²) in [5.41, 5.74) is 2.70. The van der Waals surface area contributed by atoms with Crippen LogP contribution in [0.1, 0.15) is 62.5 Å². The van der Waals surface area contributed by atoms with Crippen LogP contribution in [0, 0.1) is 5.92 Å². The van der Waals surface area contributed by atoms with Crippen molar-refractivity contribution in [3.05, 3.63) is 41.6 Å². The number of carbonyl (C=O) groups excluding carboxylic acids is 1. The van der Waals surface area contributed by atoms with Gasteiger partial charge in [0.15, 0.2) is 5.78 Å². The van der Waals surface area contributed by atoms with Gasteiger partial charge in [-0.05, 0) is 50.4 Å². The van der Waals surface area contributed by atoms with Gasteiger partial charge in [-0.1, -0.05) is 39.0 Å². The van der Waals surface area contributed by atoms with Crippen molar-refractivity contribution in [2.45, 2.75) is 51.9 Å². The van der Waals surface area contributed by atoms with E-state index in [4.69, 9.17) is 4.98 Å². The monoisotopic (exact) mass is 396 g/mol. The summed E-state index contributed by atoms with van der Waals surface area (Å²) in [7, 11) is 0. The Morgan fingerprint density at radius 3 is 2.46 bits per heavy atom. The number of nitrogens with one attached hydrogen (secondary N) is 1. The van der Waals surface area contributed by atoms with E-state index in [0.717, 1.165) is 41.7 Å². The van der Waals surface area contributed by atoms with Crippen molar-refractivity contribution in [2.24, 2.45) is 5.92 Å². The Morgan fingerprint density at radius 2 is 1.81 bits per heavy atom. The van der Waals surface area contributed by atoms with Gasteiger partial charge in [0.2, 0.25) is 0 Å². The molecule has 144 valence electrons. The predicted octanol–water partition coefficient (Wildman–Crippen LogP) is 5.34. The van der Waals surface area contributed by atoms with Crippen molar-refractivity contribution in [1.82, 2.24) is 10.3 Å². The molecule has 1 fully saturated rings. The molecule has 1 aromatic heterocycles. The predicted molar refractivity (Wildman–Crippen MR) is 114 cm³/mol. The van der Waals surface area contributed by atoms with E-state index >= 15 is 0 Å². The van der Waals surface area contributed by atoms with E-state index in [1.807, 2.05) is 30.3 Å². The number of nitrogens with zero attached hydrogens (tertiary/aromatic N) is 1. The summed E-state index contributed by atoms with van der Waals surface area (Å²) >= 11 is 0. The minimum absolute atomic E-state index is 0. The number of para-hydroxylation sites is 1. The Kier molecular flexibility index (Phi) is 8.52. The maximum Gasteiger partial charge on any atom is 0.163 e. The summed E-state index contributed by atoms with van der Waals surface area (Å²) in [6.07, 6.45) is 4.03. The number of Topliss-reactive ketones (excluding diaryl/α,β-unsaturated/α-hetero) is 1. The quantitative estimate of drug-likeness (QED) is 0.709. The van der Waals surface area contributed by atoms with Crippen LogP contribution in [0.25, 0.3) is 10.9 Å². The Labute approximate surface area is 169 Å². The van der Waals surface area contributed by atoms with Crippen LogP contribution in [0.3, 0.4) is 0 Å². The van der Waals surface area contributed by atoms with Gasteiger partial charge in [0.25, 0.3) is 0 Å². The van der Waals surface area contributed by atoms with E-state index in [1.54, 1.807) is 0 Å². The molecule has 0 aliphatic carbocycles. The second-order valence-electron chi connectivity index (χ2n) is 7.98. The van der Waals surface area contributed by atoms with E-state index < -0.39 is 0 Å². The third-order valence-corrected chi connectivity index (χ3v) is 5.02. The second-order valence-corrected chi connectivity index (χ2v) is 7.98. The number of pyridine rings is 1. The lowest BCUT2D eigenvalue weighted by Crippen LogP contribution is -2.28. The largest absolute Gasteiger partial charge is 0.317 e. The van der Waals surface area contributed by atoms with Gasteiger partial charge in [0.1, 0.15) is 0 Å². The van der Waals surface area contributed by atoms with Crippen molar-refractivity contribution in [3.63, 3.8) is 0 Å². The molecule has 0 saturated carbocycles. The summed E-state index contributed by atoms with van der Waals surface area (Å²) in [5.74, 6) is 0.947. The number of benzene rings is 1. The fraction of sp³-hybridized carbons (Fsp3) is 0.524. The molecule has 5 heteroatoms. The lowest BCUT2D eigenvalue weighted by Gasteiger charge is -2.22. The molecule has 26 heavy (non-hydrogen) atoms. The summed E-state index contributed by atoms with van der Waals surface area (Å²) in [6.45, 7) is 8.62. The van der Waals surface area contributed by atoms with Gasteiger partial charge in [-0.15, -0.1) is 24.8 Å². The molecule has 1 N–H and O–H groups in total. The highest BCUT2D eigenvalue weighted by Gasteiger charge is 2.21. The molecule has 3 nitrogen and oxygen atoms in total. The Bertz CT molecular complexity index is 734. The Hall–Kier alpha value is -1.16. The topological polar surface area (TPSA) is 42.0 Å². The first kappa shape index (κ1) is 22.9. The van der Waals surface area contributed by atoms with Gasteiger partial charge in [0.05, 0.1) is 5.52 Å². The summed E-state index contributed by atoms with van der Waals surface area (Å²) in [5, 5.41) is 4.38. The first-order valence-electron chi connectivity index (χ1n) is 9.09. The number of rotatable bonds is 4. The second kappa shape index (κ2) is 9.68. The molecule has 0 spiro atoms. The van der Waals surface area contributed by atoms with Crippen LogP contribution in [0.2, 0.25) is 0 Å². The van der Waals surface area contributed by atoms with Gasteiger partial charge >= 0.3 is 0 Å². The number of aromatic nitrogens is 1. The number of hydrogen-bond donors (Lipinski definition) is 1. The average Bonchev–Trinajstić information content (AvgIpc) is 2.59. The van der Waals surface area contributed by atoms with E-state index in [-0.39, 0.29) is 36.0 Å². The zero-order chi connectivity index (χ0) is 17.2. The maximum atomic E-state index is 12.9. The van der Waals surface area contributed by atoms with Gasteiger partial charge < -0.3 is 5.32 Å². The van der Waals surface area contributed by atoms with Crippen molar-refractivity contribution < 1.29 is 4.79 Å². The fourth-order valence-electron chi connectivity index (χ4n) is 3.43. The number of ketones is 1. The molecular weight excluding hydrogens is 367 g/mol. The lowest BCUT2D eigenvalue weighted by molar-refractivity contribution is 0.0972. The van der Waals surface area contributed by atoms with Crippen molar-refractivity contribution in [1.29, 1.82) is 0 Å². The summed E-state index contributed by atoms with van der Waals surface area (Å²) < 4.78 is 0. The molecule has 1 aliphatic heterocycles. The lowest BCUT2D eigenvalue weighted by atomic mass is 9.87. The number of hydrogen-bond acceptors (Lipinski definition) is 3. The van der Waals surface area contributed by atoms with Crippen LogP contribution in [0.15, 0.2) is 30.3 Å². The Balaban J connectivity index is 0.00000169. The fourth-order valence-corrected chi connectivity index (χ4v) is 3.43. The molecule has 0 bridgehead atoms. The normalized spacial score (nSPS) is 15.2. The van der Waals surface area contributed by atoms with Crippen LogP contribution in [-0.4, -0.2) is 23.9 Å². The minimum Gasteiger partial charge on any atom is -0.317 e. The van der Waals surface area contributed by atoms with Crippen LogP contribution >= 0.6 is 24.8 Å². The molecule has 1 aromatic carbocycles. The highest BCUT2D eigenvalue weighted by Crippen LogP contribution is 2.28. The first-order chi connectivity index (χ1) is 11.4. The number of piperidine rings is 1. The van der Waals surface area contributed by atoms with Gasteiger partial charge in [-0.3, -0.25) is 9.78 Å². The molecule has 2 heterocycles. The molecule has 1 aliphatic rings. The van der Waals surface area contributed by atoms with Crippen LogP contribution in [0.4, 0.5) is 0 Å². The smallest absolute Gasteiger partial charge is 0.163 e. The number of fused-ring (bicyclic) bond motifs is 1. The van der Waals surface area contributed by atoms with E-state index in [1.165, 1.54) is 12.8 Å². The zero-order valence-corrected chi connectivity index (χ0v) is 17.5. The molecule has 0 atom stereocenters. The van der Waals surface area contributed by atoms with Crippen molar-refractivity contribution >= 4 is 41.5 Å². The van der Waals surface area contributed by atoms with Crippen LogP contribution in [-0.2, 0) is 5.41 Å². The minimum atomic E-state index is -0.0614. The summed E-state index contributed by atoms with van der Waals surface area (Å²) in [4.78, 5) is 17.7. The molecule has 1 saturated heterocycles. The van der Waals surface area contributed by atoms with Crippen molar-refractivity contribution in [3.8, 4) is 0 Å². The van der Waals surface area contributed by atoms with Gasteiger partial charge in [-0.25, -0.2) is 0 Å². The van der Waals surface area contributed by atoms with Crippen LogP contribution < -0.4 is 5.32 Å². The average molecular weight is 397 g/mol. The zero-order valence-electron chi connectivity index (χ0n) is 15.9. The molecule has 2 aromatic rings. The van der Waals surface area contributed by atoms with E-state index in [2.05, 4.69) is 26.1 Å². The highest BCUT2D eigenvalue weighted by molar-refractivity contribution is 6.07. The van der Waals surface area contributed by atoms with Gasteiger partial charge in [0, 0.05) is 28.5 Å². The molecule has 0 radical (unpaired) electrons. The number of carbonyl (C=O) groups is 1. The standard InChI is InChI=1S/C21H28N2O.2ClH/c1-21(2,3)20-14-17(16-6-4-5-7-18(16)23-20)19(24)9-8-15-10-12-22-13-11-15;;/h4-7,14-15,22H,8-13H2,1-3H3;2*1H. The number of halogens is 2. The molecule has 0 unspecified atom stereocenters. The van der Waals surface area contributed by atoms with Gasteiger partial charge in [-0.2, -0.15) is 0 Å². The van der Waals surface area contributed by atoms with Crippen LogP contribution in [0.5, 0.6) is 0 Å². The van der Waals surface area contributed by atoms with E-state index in [9.17, 15) is 4.79 Å². The van der Waals surface area contributed by atoms with E-state index in [0.29, 0.717) is 12.3 Å². The SMILES string of the molecule is CC(C)(C)c1cc(C(=O)CCC2CCNCC2)c2ccccc2n1.Cl.Cl. The third-order valence-electron chi connectivity index (χ3n) is 5.02. The first-order valence-corrected chi connectivity index (χ1v) is 9.09. The Morgan fingerprint density at radius 1 is 1.15 bits per heavy atom. The summed E-state index contributed by atoms with van der Waals surface area (Å²) in [6, 6.07) is 10.0. The third kappa shape index (κ3) is 5.42. The maximum absolute atomic E-state index is 12.9. The van der Waals surface area contributed by atoms with Crippen molar-refractivity contribution in [2.75, 3.05) is 13.1 Å². The molecular formula is C21H30Cl2N2O. The molecule has 0 amide bonds.